The average molecular weight is 365 g/mol. The number of rotatable bonds is 4. The third-order valence-corrected chi connectivity index (χ3v) is 3.58. The molecule has 0 aliphatic carbocycles. The van der Waals surface area contributed by atoms with Crippen LogP contribution < -0.4 is 10.6 Å². The molecule has 1 aliphatic heterocycles. The van der Waals surface area contributed by atoms with E-state index in [-0.39, 0.29) is 42.6 Å². The normalized spacial score (nSPS) is 19.9. The summed E-state index contributed by atoms with van der Waals surface area (Å²) in [4.78, 5) is 19.2. The number of amides is 1. The van der Waals surface area contributed by atoms with Gasteiger partial charge in [0.25, 0.3) is 0 Å². The van der Waals surface area contributed by atoms with Crippen LogP contribution in [-0.2, 0) is 11.2 Å². The summed E-state index contributed by atoms with van der Waals surface area (Å²) < 4.78 is 13.1. The molecule has 1 saturated heterocycles. The van der Waals surface area contributed by atoms with E-state index in [0.29, 0.717) is 42.8 Å². The average Bonchev–Trinajstić information content (AvgIpc) is 3.04. The largest absolute Gasteiger partial charge is 0.392 e. The number of hydrogen-bond donors (Lipinski definition) is 4. The molecule has 9 heteroatoms. The van der Waals surface area contributed by atoms with Crippen LogP contribution in [0.5, 0.6) is 0 Å². The number of aromatic nitrogens is 2. The number of carbonyl (C=O) groups excluding carboxylic acids is 1. The standard InChI is InChI=1S/C14H17FN4O2.2ClH/c15-8-1-2-10-11(5-8)19-13(18-10)3-4-16-14(21)12-6-9(20)7-17-12;;/h1-2,5,9,12,17,20H,3-4,6-7H2,(H,16,21)(H,18,19);2*1H. The van der Waals surface area contributed by atoms with Gasteiger partial charge in [0, 0.05) is 19.5 Å². The van der Waals surface area contributed by atoms with Crippen LogP contribution in [0.2, 0.25) is 0 Å². The van der Waals surface area contributed by atoms with Crippen LogP contribution in [0, 0.1) is 5.82 Å². The molecule has 0 saturated carbocycles. The zero-order chi connectivity index (χ0) is 14.8. The first-order valence-corrected chi connectivity index (χ1v) is 6.95. The van der Waals surface area contributed by atoms with Gasteiger partial charge in [0.05, 0.1) is 23.2 Å². The summed E-state index contributed by atoms with van der Waals surface area (Å²) in [6.07, 6.45) is 0.526. The number of H-pyrrole nitrogens is 1. The van der Waals surface area contributed by atoms with Gasteiger partial charge in [-0.05, 0) is 24.6 Å². The molecule has 1 aliphatic rings. The molecule has 4 N–H and O–H groups in total. The van der Waals surface area contributed by atoms with Crippen LogP contribution in [0.4, 0.5) is 4.39 Å². The van der Waals surface area contributed by atoms with E-state index in [1.165, 1.54) is 12.1 Å². The summed E-state index contributed by atoms with van der Waals surface area (Å²) in [5.41, 5.74) is 1.36. The second-order valence-corrected chi connectivity index (χ2v) is 5.24. The fourth-order valence-corrected chi connectivity index (χ4v) is 2.50. The number of aromatic amines is 1. The first kappa shape index (κ1) is 19.6. The van der Waals surface area contributed by atoms with Crippen molar-refractivity contribution in [3.8, 4) is 0 Å². The molecule has 1 amide bonds. The smallest absolute Gasteiger partial charge is 0.237 e. The summed E-state index contributed by atoms with van der Waals surface area (Å²) >= 11 is 0. The SMILES string of the molecule is Cl.Cl.O=C(NCCc1nc2ccc(F)cc2[nH]1)C1CC(O)CN1. The third kappa shape index (κ3) is 4.78. The lowest BCUT2D eigenvalue weighted by Crippen LogP contribution is -2.41. The van der Waals surface area contributed by atoms with Crippen molar-refractivity contribution in [2.24, 2.45) is 0 Å². The van der Waals surface area contributed by atoms with Gasteiger partial charge in [0.15, 0.2) is 0 Å². The van der Waals surface area contributed by atoms with Crippen molar-refractivity contribution in [1.29, 1.82) is 0 Å². The molecule has 2 unspecified atom stereocenters. The van der Waals surface area contributed by atoms with Crippen LogP contribution in [0.15, 0.2) is 18.2 Å². The molecule has 0 radical (unpaired) electrons. The van der Waals surface area contributed by atoms with Gasteiger partial charge < -0.3 is 20.7 Å². The summed E-state index contributed by atoms with van der Waals surface area (Å²) in [6.45, 7) is 0.892. The number of carbonyl (C=O) groups is 1. The van der Waals surface area contributed by atoms with Crippen molar-refractivity contribution in [3.05, 3.63) is 29.8 Å². The van der Waals surface area contributed by atoms with Crippen LogP contribution in [0.1, 0.15) is 12.2 Å². The Labute approximate surface area is 145 Å². The van der Waals surface area contributed by atoms with Crippen molar-refractivity contribution in [3.63, 3.8) is 0 Å². The van der Waals surface area contributed by atoms with Crippen molar-refractivity contribution < 1.29 is 14.3 Å². The molecule has 2 heterocycles. The molecule has 0 bridgehead atoms. The number of imidazole rings is 1. The molecule has 0 spiro atoms. The van der Waals surface area contributed by atoms with Gasteiger partial charge in [-0.1, -0.05) is 0 Å². The monoisotopic (exact) mass is 364 g/mol. The Hall–Kier alpha value is -1.41. The van der Waals surface area contributed by atoms with Crippen molar-refractivity contribution in [1.82, 2.24) is 20.6 Å². The van der Waals surface area contributed by atoms with E-state index < -0.39 is 6.10 Å². The quantitative estimate of drug-likeness (QED) is 0.649. The molecule has 1 fully saturated rings. The highest BCUT2D eigenvalue weighted by Crippen LogP contribution is 2.13. The number of nitrogens with one attached hydrogen (secondary N) is 3. The predicted molar refractivity (Wildman–Crippen MR) is 89.7 cm³/mol. The molecular formula is C14H19Cl2FN4O2. The number of halogens is 3. The second-order valence-electron chi connectivity index (χ2n) is 5.24. The highest BCUT2D eigenvalue weighted by Gasteiger charge is 2.27. The first-order chi connectivity index (χ1) is 10.1. The highest BCUT2D eigenvalue weighted by atomic mass is 35.5. The van der Waals surface area contributed by atoms with Crippen LogP contribution >= 0.6 is 24.8 Å². The van der Waals surface area contributed by atoms with Gasteiger partial charge in [0.1, 0.15) is 11.6 Å². The van der Waals surface area contributed by atoms with Gasteiger partial charge in [-0.15, -0.1) is 24.8 Å². The van der Waals surface area contributed by atoms with E-state index >= 15 is 0 Å². The Kier molecular flexibility index (Phi) is 7.21. The molecule has 23 heavy (non-hydrogen) atoms. The maximum absolute atomic E-state index is 13.1. The maximum Gasteiger partial charge on any atom is 0.237 e. The van der Waals surface area contributed by atoms with Crippen LogP contribution in [0.3, 0.4) is 0 Å². The molecule has 3 rings (SSSR count). The van der Waals surface area contributed by atoms with Crippen molar-refractivity contribution in [2.75, 3.05) is 13.1 Å². The zero-order valence-electron chi connectivity index (χ0n) is 12.2. The molecule has 2 aromatic rings. The first-order valence-electron chi connectivity index (χ1n) is 6.95. The number of nitrogens with zero attached hydrogens (tertiary/aromatic N) is 1. The highest BCUT2D eigenvalue weighted by molar-refractivity contribution is 5.85. The summed E-state index contributed by atoms with van der Waals surface area (Å²) in [5.74, 6) is 0.279. The topological polar surface area (TPSA) is 90.0 Å². The summed E-state index contributed by atoms with van der Waals surface area (Å²) in [5, 5.41) is 15.1. The van der Waals surface area contributed by atoms with Crippen LogP contribution in [0.25, 0.3) is 11.0 Å². The number of fused-ring (bicyclic) bond motifs is 1. The van der Waals surface area contributed by atoms with Crippen molar-refractivity contribution in [2.45, 2.75) is 25.0 Å². The van der Waals surface area contributed by atoms with E-state index in [4.69, 9.17) is 0 Å². The molecule has 2 atom stereocenters. The minimum Gasteiger partial charge on any atom is -0.392 e. The summed E-state index contributed by atoms with van der Waals surface area (Å²) in [7, 11) is 0. The van der Waals surface area contributed by atoms with E-state index in [0.717, 1.165) is 0 Å². The van der Waals surface area contributed by atoms with Gasteiger partial charge in [-0.2, -0.15) is 0 Å². The fourth-order valence-electron chi connectivity index (χ4n) is 2.50. The van der Waals surface area contributed by atoms with Gasteiger partial charge in [-0.25, -0.2) is 9.37 Å². The molecule has 6 nitrogen and oxygen atoms in total. The lowest BCUT2D eigenvalue weighted by molar-refractivity contribution is -0.122. The maximum atomic E-state index is 13.1. The fraction of sp³-hybridized carbons (Fsp3) is 0.429. The van der Waals surface area contributed by atoms with E-state index in [1.54, 1.807) is 6.07 Å². The summed E-state index contributed by atoms with van der Waals surface area (Å²) in [6, 6.07) is 4.05. The van der Waals surface area contributed by atoms with Gasteiger partial charge in [0.2, 0.25) is 5.91 Å². The van der Waals surface area contributed by atoms with Crippen molar-refractivity contribution >= 4 is 41.8 Å². The minimum absolute atomic E-state index is 0. The molecule has 128 valence electrons. The number of benzene rings is 1. The minimum atomic E-state index is -0.453. The van der Waals surface area contributed by atoms with Gasteiger partial charge >= 0.3 is 0 Å². The zero-order valence-corrected chi connectivity index (χ0v) is 13.8. The number of aliphatic hydroxyl groups excluding tert-OH is 1. The lowest BCUT2D eigenvalue weighted by atomic mass is 10.2. The Bertz CT molecular complexity index is 667. The Morgan fingerprint density at radius 3 is 2.91 bits per heavy atom. The number of hydrogen-bond acceptors (Lipinski definition) is 4. The molecular weight excluding hydrogens is 346 g/mol. The van der Waals surface area contributed by atoms with Gasteiger partial charge in [-0.3, -0.25) is 4.79 Å². The van der Waals surface area contributed by atoms with E-state index in [9.17, 15) is 14.3 Å². The lowest BCUT2D eigenvalue weighted by Gasteiger charge is -2.10. The van der Waals surface area contributed by atoms with E-state index in [2.05, 4.69) is 20.6 Å². The third-order valence-electron chi connectivity index (χ3n) is 3.58. The molecule has 1 aromatic heterocycles. The Balaban J connectivity index is 0.00000132. The molecule has 1 aromatic carbocycles. The Morgan fingerprint density at radius 2 is 2.22 bits per heavy atom. The second kappa shape index (κ2) is 8.44. The predicted octanol–water partition coefficient (Wildman–Crippen LogP) is 0.927. The Morgan fingerprint density at radius 1 is 1.43 bits per heavy atom. The number of aliphatic hydroxyl groups is 1. The van der Waals surface area contributed by atoms with Crippen LogP contribution in [-0.4, -0.2) is 46.2 Å². The number of β-amino-alcohol motifs (C(OH)–C–C–N with tert-alkyl or cyclic N) is 1. The van der Waals surface area contributed by atoms with E-state index in [1.807, 2.05) is 0 Å².